The number of aliphatic hydroxyl groups is 1. The Kier molecular flexibility index (Phi) is 13.6. The van der Waals surface area contributed by atoms with Gasteiger partial charge in [0.25, 0.3) is 0 Å². The third-order valence-electron chi connectivity index (χ3n) is 5.90. The average molecular weight is 538 g/mol. The monoisotopic (exact) mass is 537 g/mol. The number of aliphatic carboxylic acids is 1. The first-order chi connectivity index (χ1) is 17.9. The van der Waals surface area contributed by atoms with Crippen LogP contribution in [-0.4, -0.2) is 82.3 Å². The number of hydrogen-bond donors (Lipinski definition) is 9. The summed E-state index contributed by atoms with van der Waals surface area (Å²) in [6.07, 6.45) is 0.812. The number of carboxylic acids is 1. The third-order valence-corrected chi connectivity index (χ3v) is 5.90. The van der Waals surface area contributed by atoms with Gasteiger partial charge in [0.05, 0.1) is 6.61 Å². The highest BCUT2D eigenvalue weighted by Crippen LogP contribution is 2.13. The maximum absolute atomic E-state index is 13.3. The van der Waals surface area contributed by atoms with Gasteiger partial charge in [0, 0.05) is 13.0 Å². The second-order valence-corrected chi connectivity index (χ2v) is 8.94. The SMILES string of the molecule is CCC(C)C(NC(=O)C(CCCN=C(N)N)NC(=O)C(Cc1ccc(O)cc1)NC(=O)C(N)CO)C(=O)O. The number of carbonyl (C=O) groups excluding carboxylic acids is 3. The molecule has 0 saturated carbocycles. The molecule has 1 rings (SSSR count). The highest BCUT2D eigenvalue weighted by molar-refractivity contribution is 5.94. The van der Waals surface area contributed by atoms with E-state index in [0.29, 0.717) is 12.0 Å². The van der Waals surface area contributed by atoms with Crippen molar-refractivity contribution in [1.82, 2.24) is 16.0 Å². The number of guanidine groups is 1. The number of hydrogen-bond acceptors (Lipinski definition) is 8. The molecule has 14 heteroatoms. The maximum Gasteiger partial charge on any atom is 0.326 e. The van der Waals surface area contributed by atoms with E-state index in [1.54, 1.807) is 26.0 Å². The number of phenols is 1. The number of rotatable bonds is 16. The zero-order chi connectivity index (χ0) is 28.8. The number of benzene rings is 1. The Morgan fingerprint density at radius 3 is 2.08 bits per heavy atom. The Labute approximate surface area is 221 Å². The standard InChI is InChI=1S/C24H39N7O7/c1-3-13(2)19(23(37)38)31-21(35)17(5-4-10-28-24(26)27)29-22(36)18(30-20(34)16(25)12-32)11-14-6-8-15(33)9-7-14/h6-9,13,16-19,32-33H,3-5,10-12,25H2,1-2H3,(H,29,36)(H,30,34)(H,31,35)(H,37,38)(H4,26,27,28). The van der Waals surface area contributed by atoms with E-state index in [2.05, 4.69) is 20.9 Å². The predicted molar refractivity (Wildman–Crippen MR) is 140 cm³/mol. The molecular weight excluding hydrogens is 498 g/mol. The topological polar surface area (TPSA) is 255 Å². The van der Waals surface area contributed by atoms with E-state index in [4.69, 9.17) is 17.2 Å². The first-order valence-corrected chi connectivity index (χ1v) is 12.2. The van der Waals surface area contributed by atoms with Crippen LogP contribution in [0.25, 0.3) is 0 Å². The fraction of sp³-hybridized carbons (Fsp3) is 0.542. The lowest BCUT2D eigenvalue weighted by atomic mass is 9.98. The van der Waals surface area contributed by atoms with E-state index in [1.807, 2.05) is 0 Å². The van der Waals surface area contributed by atoms with Crippen molar-refractivity contribution < 1.29 is 34.5 Å². The minimum atomic E-state index is -1.28. The molecular formula is C24H39N7O7. The van der Waals surface area contributed by atoms with Crippen molar-refractivity contribution in [2.45, 2.75) is 63.7 Å². The van der Waals surface area contributed by atoms with Gasteiger partial charge in [-0.3, -0.25) is 19.4 Å². The van der Waals surface area contributed by atoms with Crippen LogP contribution in [0.3, 0.4) is 0 Å². The van der Waals surface area contributed by atoms with Gasteiger partial charge >= 0.3 is 5.97 Å². The molecule has 0 radical (unpaired) electrons. The van der Waals surface area contributed by atoms with Crippen molar-refractivity contribution in [2.75, 3.05) is 13.2 Å². The maximum atomic E-state index is 13.3. The first kappa shape index (κ1) is 32.1. The van der Waals surface area contributed by atoms with Crippen molar-refractivity contribution in [3.8, 4) is 5.75 Å². The molecule has 0 saturated heterocycles. The number of carboxylic acid groups (broad SMARTS) is 1. The van der Waals surface area contributed by atoms with Gasteiger partial charge in [-0.2, -0.15) is 0 Å². The van der Waals surface area contributed by atoms with Crippen LogP contribution >= 0.6 is 0 Å². The van der Waals surface area contributed by atoms with Crippen molar-refractivity contribution in [3.05, 3.63) is 29.8 Å². The summed E-state index contributed by atoms with van der Waals surface area (Å²) in [5, 5.41) is 35.8. The Morgan fingerprint density at radius 2 is 1.55 bits per heavy atom. The molecule has 0 spiro atoms. The summed E-state index contributed by atoms with van der Waals surface area (Å²) in [5.74, 6) is -3.98. The Hall–Kier alpha value is -3.91. The number of nitrogens with one attached hydrogen (secondary N) is 3. The van der Waals surface area contributed by atoms with Gasteiger partial charge in [0.2, 0.25) is 17.7 Å². The number of nitrogens with two attached hydrogens (primary N) is 3. The number of aromatic hydroxyl groups is 1. The summed E-state index contributed by atoms with van der Waals surface area (Å²) >= 11 is 0. The van der Waals surface area contributed by atoms with Crippen LogP contribution in [0.15, 0.2) is 29.3 Å². The molecule has 0 aromatic heterocycles. The average Bonchev–Trinajstić information content (AvgIpc) is 2.88. The number of amides is 3. The van der Waals surface area contributed by atoms with Gasteiger partial charge in [0.1, 0.15) is 29.9 Å². The molecule has 0 aliphatic carbocycles. The van der Waals surface area contributed by atoms with Gasteiger partial charge in [-0.25, -0.2) is 4.79 Å². The minimum absolute atomic E-state index is 0.00731. The van der Waals surface area contributed by atoms with Crippen LogP contribution in [0.4, 0.5) is 0 Å². The van der Waals surface area contributed by atoms with Crippen LogP contribution in [0.1, 0.15) is 38.7 Å². The van der Waals surface area contributed by atoms with Gasteiger partial charge in [0.15, 0.2) is 5.96 Å². The molecule has 212 valence electrons. The smallest absolute Gasteiger partial charge is 0.326 e. The lowest BCUT2D eigenvalue weighted by Crippen LogP contribution is -2.58. The summed E-state index contributed by atoms with van der Waals surface area (Å²) in [6.45, 7) is 2.98. The molecule has 0 fully saturated rings. The fourth-order valence-corrected chi connectivity index (χ4v) is 3.42. The number of aliphatic imine (C=N–C) groups is 1. The molecule has 3 amide bonds. The second kappa shape index (κ2) is 16.0. The Bertz CT molecular complexity index is 967. The zero-order valence-corrected chi connectivity index (χ0v) is 21.6. The van der Waals surface area contributed by atoms with Crippen LogP contribution in [-0.2, 0) is 25.6 Å². The Balaban J connectivity index is 3.17. The molecule has 12 N–H and O–H groups in total. The molecule has 1 aromatic rings. The van der Waals surface area contributed by atoms with Crippen molar-refractivity contribution in [2.24, 2.45) is 28.1 Å². The van der Waals surface area contributed by atoms with Crippen LogP contribution < -0.4 is 33.2 Å². The van der Waals surface area contributed by atoms with Gasteiger partial charge in [-0.1, -0.05) is 32.4 Å². The van der Waals surface area contributed by atoms with Crippen LogP contribution in [0.2, 0.25) is 0 Å². The lowest BCUT2D eigenvalue weighted by Gasteiger charge is -2.26. The van der Waals surface area contributed by atoms with E-state index in [-0.39, 0.29) is 43.4 Å². The summed E-state index contributed by atoms with van der Waals surface area (Å²) < 4.78 is 0. The summed E-state index contributed by atoms with van der Waals surface area (Å²) in [5.41, 5.74) is 16.8. The molecule has 5 atom stereocenters. The van der Waals surface area contributed by atoms with Crippen molar-refractivity contribution >= 4 is 29.7 Å². The van der Waals surface area contributed by atoms with E-state index in [1.165, 1.54) is 12.1 Å². The normalized spacial score (nSPS) is 14.7. The first-order valence-electron chi connectivity index (χ1n) is 12.2. The largest absolute Gasteiger partial charge is 0.508 e. The minimum Gasteiger partial charge on any atom is -0.508 e. The number of nitrogens with zero attached hydrogens (tertiary/aromatic N) is 1. The lowest BCUT2D eigenvalue weighted by molar-refractivity contribution is -0.144. The van der Waals surface area contributed by atoms with Gasteiger partial charge in [-0.05, 0) is 36.5 Å². The van der Waals surface area contributed by atoms with E-state index < -0.39 is 54.5 Å². The summed E-state index contributed by atoms with van der Waals surface area (Å²) in [7, 11) is 0. The van der Waals surface area contributed by atoms with Crippen molar-refractivity contribution in [3.63, 3.8) is 0 Å². The van der Waals surface area contributed by atoms with Gasteiger partial charge in [-0.15, -0.1) is 0 Å². The summed E-state index contributed by atoms with van der Waals surface area (Å²) in [4.78, 5) is 54.3. The molecule has 0 heterocycles. The van der Waals surface area contributed by atoms with E-state index in [9.17, 15) is 34.5 Å². The molecule has 38 heavy (non-hydrogen) atoms. The summed E-state index contributed by atoms with van der Waals surface area (Å²) in [6, 6.07) is 1.08. The molecule has 0 aliphatic rings. The van der Waals surface area contributed by atoms with Crippen LogP contribution in [0, 0.1) is 5.92 Å². The number of carbonyl (C=O) groups is 4. The fourth-order valence-electron chi connectivity index (χ4n) is 3.42. The number of phenolic OH excluding ortho intramolecular Hbond substituents is 1. The van der Waals surface area contributed by atoms with Gasteiger partial charge < -0.3 is 48.5 Å². The molecule has 1 aromatic carbocycles. The predicted octanol–water partition coefficient (Wildman–Crippen LogP) is -2.11. The molecule has 5 unspecified atom stereocenters. The van der Waals surface area contributed by atoms with E-state index in [0.717, 1.165) is 0 Å². The second-order valence-electron chi connectivity index (χ2n) is 8.94. The van der Waals surface area contributed by atoms with E-state index >= 15 is 0 Å². The van der Waals surface area contributed by atoms with Crippen LogP contribution in [0.5, 0.6) is 5.75 Å². The zero-order valence-electron chi connectivity index (χ0n) is 21.6. The molecule has 0 aliphatic heterocycles. The Morgan fingerprint density at radius 1 is 0.974 bits per heavy atom. The highest BCUT2D eigenvalue weighted by atomic mass is 16.4. The molecule has 0 bridgehead atoms. The van der Waals surface area contributed by atoms with Crippen molar-refractivity contribution in [1.29, 1.82) is 0 Å². The third kappa shape index (κ3) is 11.0. The quantitative estimate of drug-likeness (QED) is 0.0630. The molecule has 14 nitrogen and oxygen atoms in total. The number of aliphatic hydroxyl groups excluding tert-OH is 1. The highest BCUT2D eigenvalue weighted by Gasteiger charge is 2.31.